The average molecular weight is 200 g/mol. The van der Waals surface area contributed by atoms with Crippen molar-refractivity contribution >= 4 is 12.0 Å². The minimum Gasteiger partial charge on any atom is -0.461 e. The quantitative estimate of drug-likeness (QED) is 0.602. The van der Waals surface area contributed by atoms with Gasteiger partial charge >= 0.3 is 12.0 Å². The Balaban J connectivity index is 2.61. The number of hydrogen-bond donors (Lipinski definition) is 0. The summed E-state index contributed by atoms with van der Waals surface area (Å²) in [6, 6.07) is -0.0783. The molecule has 2 unspecified atom stereocenters. The smallest absolute Gasteiger partial charge is 0.319 e. The summed E-state index contributed by atoms with van der Waals surface area (Å²) in [5.74, 6) is -0.312. The fourth-order valence-electron chi connectivity index (χ4n) is 1.70. The van der Waals surface area contributed by atoms with Gasteiger partial charge in [0.05, 0.1) is 6.04 Å². The van der Waals surface area contributed by atoms with Gasteiger partial charge in [0.15, 0.2) is 0 Å². The molecule has 0 aliphatic carbocycles. The molecular formula is C9H16N2O3. The zero-order valence-electron chi connectivity index (χ0n) is 8.98. The summed E-state index contributed by atoms with van der Waals surface area (Å²) >= 11 is 0. The first kappa shape index (κ1) is 10.8. The molecule has 14 heavy (non-hydrogen) atoms. The van der Waals surface area contributed by atoms with Crippen LogP contribution in [0.3, 0.4) is 0 Å². The first-order valence-electron chi connectivity index (χ1n) is 4.58. The van der Waals surface area contributed by atoms with Crippen molar-refractivity contribution in [2.45, 2.75) is 26.0 Å². The van der Waals surface area contributed by atoms with Crippen LogP contribution in [0.15, 0.2) is 0 Å². The minimum absolute atomic E-state index is 0.0333. The number of ether oxygens (including phenoxy) is 1. The minimum atomic E-state index is -0.312. The van der Waals surface area contributed by atoms with Crippen LogP contribution >= 0.6 is 0 Å². The summed E-state index contributed by atoms with van der Waals surface area (Å²) in [5, 5.41) is 0. The van der Waals surface area contributed by atoms with E-state index in [0.29, 0.717) is 6.54 Å². The fourth-order valence-corrected chi connectivity index (χ4v) is 1.70. The zero-order chi connectivity index (χ0) is 10.9. The molecule has 1 fully saturated rings. The van der Waals surface area contributed by atoms with E-state index in [4.69, 9.17) is 4.74 Å². The second-order valence-corrected chi connectivity index (χ2v) is 3.66. The van der Waals surface area contributed by atoms with Crippen LogP contribution in [0.5, 0.6) is 0 Å². The third-order valence-corrected chi connectivity index (χ3v) is 2.48. The third kappa shape index (κ3) is 1.97. The molecule has 1 heterocycles. The van der Waals surface area contributed by atoms with Crippen molar-refractivity contribution < 1.29 is 14.3 Å². The van der Waals surface area contributed by atoms with E-state index in [9.17, 15) is 9.59 Å². The van der Waals surface area contributed by atoms with Crippen molar-refractivity contribution in [2.75, 3.05) is 20.6 Å². The van der Waals surface area contributed by atoms with Gasteiger partial charge in [-0.3, -0.25) is 4.79 Å². The second kappa shape index (κ2) is 3.86. The normalized spacial score (nSPS) is 24.0. The van der Waals surface area contributed by atoms with Gasteiger partial charge in [-0.1, -0.05) is 0 Å². The van der Waals surface area contributed by atoms with Gasteiger partial charge in [0.25, 0.3) is 0 Å². The number of nitrogens with zero attached hydrogens (tertiary/aromatic N) is 2. The van der Waals surface area contributed by atoms with E-state index in [1.807, 2.05) is 0 Å². The molecule has 80 valence electrons. The molecule has 5 heteroatoms. The Kier molecular flexibility index (Phi) is 2.98. The molecule has 0 aromatic rings. The Morgan fingerprint density at radius 3 is 2.50 bits per heavy atom. The predicted molar refractivity (Wildman–Crippen MR) is 50.8 cm³/mol. The predicted octanol–water partition coefficient (Wildman–Crippen LogP) is 0.304. The lowest BCUT2D eigenvalue weighted by Gasteiger charge is -2.23. The largest absolute Gasteiger partial charge is 0.461 e. The molecule has 0 radical (unpaired) electrons. The monoisotopic (exact) mass is 200 g/mol. The van der Waals surface area contributed by atoms with Crippen LogP contribution in [0, 0.1) is 0 Å². The number of carbonyl (C=O) groups is 2. The number of hydrogen-bond acceptors (Lipinski definition) is 3. The van der Waals surface area contributed by atoms with Gasteiger partial charge < -0.3 is 14.5 Å². The van der Waals surface area contributed by atoms with Crippen LogP contribution in [0.1, 0.15) is 13.8 Å². The van der Waals surface area contributed by atoms with E-state index >= 15 is 0 Å². The highest BCUT2D eigenvalue weighted by Crippen LogP contribution is 2.16. The molecule has 0 saturated carbocycles. The molecule has 0 aromatic carbocycles. The van der Waals surface area contributed by atoms with E-state index in [-0.39, 0.29) is 24.1 Å². The van der Waals surface area contributed by atoms with E-state index in [2.05, 4.69) is 0 Å². The Morgan fingerprint density at radius 2 is 2.14 bits per heavy atom. The summed E-state index contributed by atoms with van der Waals surface area (Å²) in [6.45, 7) is 3.77. The summed E-state index contributed by atoms with van der Waals surface area (Å²) in [5.41, 5.74) is 0. The van der Waals surface area contributed by atoms with Gasteiger partial charge in [0.2, 0.25) is 0 Å². The van der Waals surface area contributed by atoms with Crippen LogP contribution in [0.25, 0.3) is 0 Å². The standard InChI is InChI=1S/C9H16N2O3/c1-6(14-7(2)12)8-5-10(3)9(13)11(8)4/h6,8H,5H2,1-4H3. The fraction of sp³-hybridized carbons (Fsp3) is 0.778. The van der Waals surface area contributed by atoms with Crippen molar-refractivity contribution in [3.05, 3.63) is 0 Å². The molecule has 0 bridgehead atoms. The highest BCUT2D eigenvalue weighted by molar-refractivity contribution is 5.76. The SMILES string of the molecule is CC(=O)OC(C)C1CN(C)C(=O)N1C. The summed E-state index contributed by atoms with van der Waals surface area (Å²) in [6.07, 6.45) is -0.258. The number of urea groups is 1. The number of esters is 1. The maximum absolute atomic E-state index is 11.4. The number of rotatable bonds is 2. The Labute approximate surface area is 83.6 Å². The van der Waals surface area contributed by atoms with Crippen molar-refractivity contribution in [3.63, 3.8) is 0 Å². The third-order valence-electron chi connectivity index (χ3n) is 2.48. The molecular weight excluding hydrogens is 184 g/mol. The van der Waals surface area contributed by atoms with Gasteiger partial charge in [-0.15, -0.1) is 0 Å². The Bertz CT molecular complexity index is 254. The van der Waals surface area contributed by atoms with Crippen molar-refractivity contribution in [1.82, 2.24) is 9.80 Å². The highest BCUT2D eigenvalue weighted by atomic mass is 16.5. The van der Waals surface area contributed by atoms with Crippen LogP contribution in [0.4, 0.5) is 4.79 Å². The van der Waals surface area contributed by atoms with Gasteiger partial charge in [-0.2, -0.15) is 0 Å². The maximum atomic E-state index is 11.4. The van der Waals surface area contributed by atoms with Crippen LogP contribution in [-0.4, -0.2) is 54.6 Å². The summed E-state index contributed by atoms with van der Waals surface area (Å²) < 4.78 is 5.04. The second-order valence-electron chi connectivity index (χ2n) is 3.66. The van der Waals surface area contributed by atoms with E-state index in [0.717, 1.165) is 0 Å². The van der Waals surface area contributed by atoms with Crippen molar-refractivity contribution in [3.8, 4) is 0 Å². The zero-order valence-corrected chi connectivity index (χ0v) is 8.98. The van der Waals surface area contributed by atoms with E-state index < -0.39 is 0 Å². The number of carbonyl (C=O) groups excluding carboxylic acids is 2. The molecule has 0 spiro atoms. The average Bonchev–Trinajstić information content (AvgIpc) is 2.32. The molecule has 1 saturated heterocycles. The first-order chi connectivity index (χ1) is 6.43. The lowest BCUT2D eigenvalue weighted by molar-refractivity contribution is -0.147. The van der Waals surface area contributed by atoms with Crippen LogP contribution in [-0.2, 0) is 9.53 Å². The van der Waals surface area contributed by atoms with Gasteiger partial charge in [-0.05, 0) is 6.92 Å². The highest BCUT2D eigenvalue weighted by Gasteiger charge is 2.36. The maximum Gasteiger partial charge on any atom is 0.319 e. The van der Waals surface area contributed by atoms with E-state index in [1.54, 1.807) is 30.8 Å². The number of amides is 2. The molecule has 1 aliphatic heterocycles. The first-order valence-corrected chi connectivity index (χ1v) is 4.58. The topological polar surface area (TPSA) is 49.9 Å². The lowest BCUT2D eigenvalue weighted by atomic mass is 10.2. The van der Waals surface area contributed by atoms with Crippen molar-refractivity contribution in [1.29, 1.82) is 0 Å². The molecule has 0 N–H and O–H groups in total. The summed E-state index contributed by atoms with van der Waals surface area (Å²) in [7, 11) is 3.45. The molecule has 0 aromatic heterocycles. The van der Waals surface area contributed by atoms with Crippen LogP contribution < -0.4 is 0 Å². The van der Waals surface area contributed by atoms with Crippen LogP contribution in [0.2, 0.25) is 0 Å². The molecule has 2 amide bonds. The molecule has 2 atom stereocenters. The Hall–Kier alpha value is -1.26. The van der Waals surface area contributed by atoms with Gasteiger partial charge in [0.1, 0.15) is 6.10 Å². The Morgan fingerprint density at radius 1 is 1.57 bits per heavy atom. The van der Waals surface area contributed by atoms with Gasteiger partial charge in [0, 0.05) is 27.6 Å². The molecule has 1 aliphatic rings. The molecule has 1 rings (SSSR count). The van der Waals surface area contributed by atoms with Crippen molar-refractivity contribution in [2.24, 2.45) is 0 Å². The lowest BCUT2D eigenvalue weighted by Crippen LogP contribution is -2.40. The van der Waals surface area contributed by atoms with E-state index in [1.165, 1.54) is 6.92 Å². The number of likely N-dealkylation sites (N-methyl/N-ethyl adjacent to an activating group) is 2. The van der Waals surface area contributed by atoms with Gasteiger partial charge in [-0.25, -0.2) is 4.79 Å². The molecule has 5 nitrogen and oxygen atoms in total. The summed E-state index contributed by atoms with van der Waals surface area (Å²) in [4.78, 5) is 25.4.